The van der Waals surface area contributed by atoms with E-state index in [1.165, 1.54) is 0 Å². The van der Waals surface area contributed by atoms with Crippen molar-refractivity contribution in [3.63, 3.8) is 0 Å². The number of amides is 1. The Bertz CT molecular complexity index is 1260. The van der Waals surface area contributed by atoms with Crippen molar-refractivity contribution in [3.05, 3.63) is 84.1 Å². The van der Waals surface area contributed by atoms with E-state index in [4.69, 9.17) is 9.26 Å². The number of pyridine rings is 1. The molecule has 7 nitrogen and oxygen atoms in total. The third kappa shape index (κ3) is 4.98. The average Bonchev–Trinajstić information content (AvgIpc) is 3.39. The number of aromatic nitrogens is 3. The van der Waals surface area contributed by atoms with E-state index in [1.807, 2.05) is 84.6 Å². The first-order valence-electron chi connectivity index (χ1n) is 11.5. The van der Waals surface area contributed by atoms with Gasteiger partial charge in [-0.1, -0.05) is 35.5 Å². The van der Waals surface area contributed by atoms with Crippen LogP contribution in [-0.2, 0) is 0 Å². The minimum atomic E-state index is 0.104. The Morgan fingerprint density at radius 2 is 1.79 bits per heavy atom. The highest BCUT2D eigenvalue weighted by molar-refractivity contribution is 5.94. The van der Waals surface area contributed by atoms with E-state index in [9.17, 15) is 4.79 Å². The van der Waals surface area contributed by atoms with Gasteiger partial charge in [0.2, 0.25) is 5.82 Å². The average molecular weight is 455 g/mol. The summed E-state index contributed by atoms with van der Waals surface area (Å²) in [5.74, 6) is 2.16. The molecule has 0 radical (unpaired) electrons. The van der Waals surface area contributed by atoms with Gasteiger partial charge < -0.3 is 14.2 Å². The number of aryl methyl sites for hydroxylation is 1. The van der Waals surface area contributed by atoms with Gasteiger partial charge in [0.05, 0.1) is 6.61 Å². The van der Waals surface area contributed by atoms with Crippen LogP contribution in [0.3, 0.4) is 0 Å². The molecular formula is C27H26N4O3. The van der Waals surface area contributed by atoms with Gasteiger partial charge in [0.1, 0.15) is 11.4 Å². The molecule has 0 atom stereocenters. The molecule has 0 spiro atoms. The number of piperidine rings is 1. The van der Waals surface area contributed by atoms with E-state index in [0.29, 0.717) is 29.9 Å². The maximum absolute atomic E-state index is 12.6. The van der Waals surface area contributed by atoms with Gasteiger partial charge in [0.25, 0.3) is 11.8 Å². The fraction of sp³-hybridized carbons (Fsp3) is 0.259. The van der Waals surface area contributed by atoms with Crippen molar-refractivity contribution in [2.24, 2.45) is 5.92 Å². The fourth-order valence-electron chi connectivity index (χ4n) is 4.11. The van der Waals surface area contributed by atoms with Crippen molar-refractivity contribution in [2.45, 2.75) is 19.8 Å². The lowest BCUT2D eigenvalue weighted by atomic mass is 9.97. The second-order valence-corrected chi connectivity index (χ2v) is 8.53. The number of carbonyl (C=O) groups excluding carboxylic acids is 1. The van der Waals surface area contributed by atoms with Gasteiger partial charge in [-0.2, -0.15) is 4.98 Å². The van der Waals surface area contributed by atoms with Crippen LogP contribution in [0.15, 0.2) is 77.3 Å². The van der Waals surface area contributed by atoms with Crippen molar-refractivity contribution in [1.82, 2.24) is 20.0 Å². The topological polar surface area (TPSA) is 81.4 Å². The highest BCUT2D eigenvalue weighted by Crippen LogP contribution is 2.26. The Balaban J connectivity index is 1.17. The second kappa shape index (κ2) is 9.87. The van der Waals surface area contributed by atoms with E-state index >= 15 is 0 Å². The fourth-order valence-corrected chi connectivity index (χ4v) is 4.11. The Labute approximate surface area is 198 Å². The molecule has 1 fully saturated rings. The molecule has 1 aliphatic heterocycles. The Morgan fingerprint density at radius 3 is 2.59 bits per heavy atom. The van der Waals surface area contributed by atoms with Crippen molar-refractivity contribution >= 4 is 5.91 Å². The number of likely N-dealkylation sites (tertiary alicyclic amines) is 1. The SMILES string of the molecule is Cc1cccc(-c2noc(-c3cccc(OCC4CCN(C(=O)c5ccccc5)CC4)c3)n2)n1. The molecule has 7 heteroatoms. The quantitative estimate of drug-likeness (QED) is 0.406. The lowest BCUT2D eigenvalue weighted by Crippen LogP contribution is -2.39. The van der Waals surface area contributed by atoms with Crippen LogP contribution in [0.1, 0.15) is 28.9 Å². The molecule has 0 N–H and O–H groups in total. The van der Waals surface area contributed by atoms with Crippen molar-refractivity contribution in [3.8, 4) is 28.7 Å². The van der Waals surface area contributed by atoms with Gasteiger partial charge in [-0.25, -0.2) is 4.98 Å². The van der Waals surface area contributed by atoms with Crippen LogP contribution in [-0.4, -0.2) is 45.6 Å². The molecular weight excluding hydrogens is 428 g/mol. The van der Waals surface area contributed by atoms with Crippen LogP contribution in [0.4, 0.5) is 0 Å². The van der Waals surface area contributed by atoms with E-state index in [0.717, 1.165) is 48.5 Å². The van der Waals surface area contributed by atoms with E-state index in [-0.39, 0.29) is 5.91 Å². The predicted molar refractivity (Wildman–Crippen MR) is 128 cm³/mol. The number of carbonyl (C=O) groups is 1. The molecule has 2 aromatic heterocycles. The zero-order chi connectivity index (χ0) is 23.3. The lowest BCUT2D eigenvalue weighted by molar-refractivity contribution is 0.0661. The number of hydrogen-bond acceptors (Lipinski definition) is 6. The normalized spacial score (nSPS) is 14.2. The zero-order valence-corrected chi connectivity index (χ0v) is 19.1. The molecule has 3 heterocycles. The first kappa shape index (κ1) is 21.8. The van der Waals surface area contributed by atoms with Gasteiger partial charge in [0.15, 0.2) is 0 Å². The van der Waals surface area contributed by atoms with Crippen LogP contribution in [0.25, 0.3) is 23.0 Å². The molecule has 172 valence electrons. The first-order valence-corrected chi connectivity index (χ1v) is 11.5. The molecule has 2 aromatic carbocycles. The minimum Gasteiger partial charge on any atom is -0.493 e. The van der Waals surface area contributed by atoms with Gasteiger partial charge in [0, 0.05) is 29.9 Å². The molecule has 34 heavy (non-hydrogen) atoms. The van der Waals surface area contributed by atoms with Crippen molar-refractivity contribution in [1.29, 1.82) is 0 Å². The van der Waals surface area contributed by atoms with E-state index < -0.39 is 0 Å². The molecule has 0 bridgehead atoms. The first-order chi connectivity index (χ1) is 16.7. The molecule has 1 amide bonds. The molecule has 4 aromatic rings. The Morgan fingerprint density at radius 1 is 1.00 bits per heavy atom. The predicted octanol–water partition coefficient (Wildman–Crippen LogP) is 5.04. The number of benzene rings is 2. The Kier molecular flexibility index (Phi) is 6.33. The van der Waals surface area contributed by atoms with Gasteiger partial charge in [-0.05, 0) is 68.1 Å². The largest absolute Gasteiger partial charge is 0.493 e. The molecule has 0 unspecified atom stereocenters. The molecule has 5 rings (SSSR count). The summed E-state index contributed by atoms with van der Waals surface area (Å²) in [6, 6.07) is 22.8. The molecule has 1 aliphatic rings. The lowest BCUT2D eigenvalue weighted by Gasteiger charge is -2.32. The summed E-state index contributed by atoms with van der Waals surface area (Å²) < 4.78 is 11.6. The highest BCUT2D eigenvalue weighted by Gasteiger charge is 2.24. The Hall–Kier alpha value is -4.00. The van der Waals surface area contributed by atoms with E-state index in [2.05, 4.69) is 15.1 Å². The number of nitrogens with zero attached hydrogens (tertiary/aromatic N) is 4. The monoisotopic (exact) mass is 454 g/mol. The second-order valence-electron chi connectivity index (χ2n) is 8.53. The van der Waals surface area contributed by atoms with Crippen LogP contribution in [0, 0.1) is 12.8 Å². The minimum absolute atomic E-state index is 0.104. The third-order valence-electron chi connectivity index (χ3n) is 6.03. The highest BCUT2D eigenvalue weighted by atomic mass is 16.5. The summed E-state index contributed by atoms with van der Waals surface area (Å²) in [5, 5.41) is 4.07. The molecule has 1 saturated heterocycles. The number of ether oxygens (including phenoxy) is 1. The summed E-state index contributed by atoms with van der Waals surface area (Å²) in [5.41, 5.74) is 3.12. The standard InChI is InChI=1S/C27H26N4O3/c1-19-7-5-12-24(28-19)25-29-26(34-30-25)22-10-6-11-23(17-22)33-18-20-13-15-31(16-14-20)27(32)21-8-3-2-4-9-21/h2-12,17,20H,13-16,18H2,1H3. The van der Waals surface area contributed by atoms with Crippen LogP contribution < -0.4 is 4.74 Å². The number of rotatable bonds is 6. The summed E-state index contributed by atoms with van der Waals surface area (Å²) in [4.78, 5) is 23.5. The summed E-state index contributed by atoms with van der Waals surface area (Å²) in [6.07, 6.45) is 1.85. The van der Waals surface area contributed by atoms with Crippen LogP contribution >= 0.6 is 0 Å². The smallest absolute Gasteiger partial charge is 0.258 e. The summed E-state index contributed by atoms with van der Waals surface area (Å²) in [6.45, 7) is 4.04. The summed E-state index contributed by atoms with van der Waals surface area (Å²) in [7, 11) is 0. The maximum atomic E-state index is 12.6. The molecule has 0 saturated carbocycles. The van der Waals surface area contributed by atoms with Crippen LogP contribution in [0.2, 0.25) is 0 Å². The zero-order valence-electron chi connectivity index (χ0n) is 19.1. The summed E-state index contributed by atoms with van der Waals surface area (Å²) >= 11 is 0. The van der Waals surface area contributed by atoms with Crippen molar-refractivity contribution < 1.29 is 14.1 Å². The molecule has 0 aliphatic carbocycles. The maximum Gasteiger partial charge on any atom is 0.258 e. The van der Waals surface area contributed by atoms with Gasteiger partial charge >= 0.3 is 0 Å². The van der Waals surface area contributed by atoms with E-state index in [1.54, 1.807) is 0 Å². The van der Waals surface area contributed by atoms with Crippen LogP contribution in [0.5, 0.6) is 5.75 Å². The van der Waals surface area contributed by atoms with Crippen molar-refractivity contribution in [2.75, 3.05) is 19.7 Å². The third-order valence-corrected chi connectivity index (χ3v) is 6.03. The number of hydrogen-bond donors (Lipinski definition) is 0. The van der Waals surface area contributed by atoms with Gasteiger partial charge in [-0.3, -0.25) is 4.79 Å². The van der Waals surface area contributed by atoms with Gasteiger partial charge in [-0.15, -0.1) is 0 Å².